The fourth-order valence-corrected chi connectivity index (χ4v) is 7.09. The lowest BCUT2D eigenvalue weighted by Gasteiger charge is -2.18. The fraction of sp³-hybridized carbons (Fsp3) is 0.0638. The molecule has 2 heterocycles. The molecule has 0 saturated heterocycles. The predicted octanol–water partition coefficient (Wildman–Crippen LogP) is 11.8. The zero-order chi connectivity index (χ0) is 35.6. The Bertz CT molecular complexity index is 2650. The maximum atomic E-state index is 9.77. The van der Waals surface area contributed by atoms with Crippen molar-refractivity contribution in [2.45, 2.75) is 6.92 Å². The molecule has 0 atom stereocenters. The third kappa shape index (κ3) is 5.71. The van der Waals surface area contributed by atoms with E-state index in [1.807, 2.05) is 18.2 Å². The first-order chi connectivity index (χ1) is 25.6. The number of hydrogen-bond donors (Lipinski definition) is 0. The molecule has 5 nitrogen and oxygen atoms in total. The van der Waals surface area contributed by atoms with Gasteiger partial charge in [0.25, 0.3) is 5.70 Å². The Morgan fingerprint density at radius 3 is 1.71 bits per heavy atom. The van der Waals surface area contributed by atoms with Crippen LogP contribution in [0.3, 0.4) is 0 Å². The predicted molar refractivity (Wildman–Crippen MR) is 216 cm³/mol. The van der Waals surface area contributed by atoms with E-state index in [0.29, 0.717) is 17.1 Å². The summed E-state index contributed by atoms with van der Waals surface area (Å²) in [5, 5.41) is 16.7. The molecule has 1 aromatic heterocycles. The minimum Gasteiger partial charge on any atom is -0.457 e. The lowest BCUT2D eigenvalue weighted by atomic mass is 9.94. The second-order valence-electron chi connectivity index (χ2n) is 12.7. The number of aromatic nitrogens is 1. The minimum absolute atomic E-state index is 0.0125. The molecule has 0 radical (unpaired) electrons. The zero-order valence-corrected chi connectivity index (χ0v) is 28.9. The summed E-state index contributed by atoms with van der Waals surface area (Å²) in [5.74, 6) is 1.08. The third-order valence-corrected chi connectivity index (χ3v) is 9.73. The van der Waals surface area contributed by atoms with E-state index in [4.69, 9.17) is 11.3 Å². The molecule has 248 valence electrons. The Hall–Kier alpha value is -7.08. The Labute approximate surface area is 303 Å². The molecular formula is C47H34N4O. The van der Waals surface area contributed by atoms with Crippen LogP contribution < -0.4 is 4.90 Å². The van der Waals surface area contributed by atoms with Crippen molar-refractivity contribution in [1.82, 2.24) is 4.57 Å². The van der Waals surface area contributed by atoms with Gasteiger partial charge in [-0.2, -0.15) is 0 Å². The van der Waals surface area contributed by atoms with Crippen molar-refractivity contribution < 1.29 is 4.74 Å². The van der Waals surface area contributed by atoms with Gasteiger partial charge in [0, 0.05) is 40.8 Å². The van der Waals surface area contributed by atoms with Gasteiger partial charge in [-0.25, -0.2) is 10.1 Å². The molecule has 0 amide bonds. The van der Waals surface area contributed by atoms with Crippen molar-refractivity contribution in [1.29, 1.82) is 5.26 Å². The summed E-state index contributed by atoms with van der Waals surface area (Å²) in [6.45, 7) is 10.7. The van der Waals surface area contributed by atoms with E-state index in [0.717, 1.165) is 61.6 Å². The first-order valence-electron chi connectivity index (χ1n) is 17.3. The molecule has 0 fully saturated rings. The summed E-state index contributed by atoms with van der Waals surface area (Å²) >= 11 is 0. The van der Waals surface area contributed by atoms with Crippen molar-refractivity contribution in [2.75, 3.05) is 18.5 Å². The maximum Gasteiger partial charge on any atom is 0.269 e. The zero-order valence-electron chi connectivity index (χ0n) is 28.9. The van der Waals surface area contributed by atoms with E-state index in [2.05, 4.69) is 162 Å². The highest BCUT2D eigenvalue weighted by Gasteiger charge is 2.19. The van der Waals surface area contributed by atoms with E-state index < -0.39 is 0 Å². The number of nitriles is 1. The summed E-state index contributed by atoms with van der Waals surface area (Å²) in [5.41, 5.74) is 7.20. The first kappa shape index (κ1) is 32.1. The highest BCUT2D eigenvalue weighted by molar-refractivity contribution is 6.17. The van der Waals surface area contributed by atoms with Gasteiger partial charge in [-0.1, -0.05) is 109 Å². The summed E-state index contributed by atoms with van der Waals surface area (Å²) in [6, 6.07) is 44.6. The van der Waals surface area contributed by atoms with E-state index in [9.17, 15) is 5.26 Å². The average molecular weight is 671 g/mol. The highest BCUT2D eigenvalue weighted by Crippen LogP contribution is 2.41. The second kappa shape index (κ2) is 13.7. The third-order valence-electron chi connectivity index (χ3n) is 9.73. The van der Waals surface area contributed by atoms with Gasteiger partial charge in [-0.15, -0.1) is 0 Å². The highest BCUT2D eigenvalue weighted by atomic mass is 16.5. The molecule has 52 heavy (non-hydrogen) atoms. The summed E-state index contributed by atoms with van der Waals surface area (Å²) in [6.07, 6.45) is 11.4. The molecule has 7 aromatic rings. The molecule has 0 aliphatic carbocycles. The number of nitrogens with zero attached hydrogens (tertiary/aromatic N) is 4. The van der Waals surface area contributed by atoms with Crippen LogP contribution in [-0.4, -0.2) is 18.2 Å². The van der Waals surface area contributed by atoms with Crippen LogP contribution in [0.5, 0.6) is 0 Å². The van der Waals surface area contributed by atoms with Crippen LogP contribution in [-0.2, 0) is 4.74 Å². The standard InChI is InChI=1S/C47H34N4O/c1-4-50(3)34-24-21-32(22-25-34)23-26-35-29-33(44(31-48)49-2)30-36(52-35)27-28-39-37-13-5-7-17-42(37)47(43-18-8-6-14-38(39)43)51-45-19-11-9-15-40(45)41-16-10-12-20-46(41)51/h5-30H,4H2,1,3H3/b26-23+,28-27+,44-33+. The van der Waals surface area contributed by atoms with Crippen molar-refractivity contribution in [3.05, 3.63) is 191 Å². The normalized spacial score (nSPS) is 14.1. The molecule has 6 aromatic carbocycles. The largest absolute Gasteiger partial charge is 0.457 e. The van der Waals surface area contributed by atoms with Gasteiger partial charge in [0.2, 0.25) is 0 Å². The summed E-state index contributed by atoms with van der Waals surface area (Å²) in [7, 11) is 2.07. The number of rotatable bonds is 7. The van der Waals surface area contributed by atoms with Gasteiger partial charge in [0.1, 0.15) is 11.5 Å². The van der Waals surface area contributed by atoms with E-state index in [1.54, 1.807) is 12.2 Å². The lowest BCUT2D eigenvalue weighted by Crippen LogP contribution is -2.15. The summed E-state index contributed by atoms with van der Waals surface area (Å²) in [4.78, 5) is 5.68. The van der Waals surface area contributed by atoms with E-state index in [-0.39, 0.29) is 5.70 Å². The second-order valence-corrected chi connectivity index (χ2v) is 12.7. The van der Waals surface area contributed by atoms with Gasteiger partial charge in [0.15, 0.2) is 0 Å². The molecule has 0 unspecified atom stereocenters. The Morgan fingerprint density at radius 1 is 0.692 bits per heavy atom. The number of ether oxygens (including phenoxy) is 1. The molecule has 5 heteroatoms. The van der Waals surface area contributed by atoms with Crippen LogP contribution >= 0.6 is 0 Å². The summed E-state index contributed by atoms with van der Waals surface area (Å²) < 4.78 is 8.77. The number of anilines is 1. The van der Waals surface area contributed by atoms with Crippen LogP contribution in [0, 0.1) is 17.9 Å². The van der Waals surface area contributed by atoms with Gasteiger partial charge in [-0.05, 0) is 83.0 Å². The van der Waals surface area contributed by atoms with Crippen molar-refractivity contribution in [2.24, 2.45) is 0 Å². The number of benzene rings is 6. The molecule has 0 N–H and O–H groups in total. The molecular weight excluding hydrogens is 637 g/mol. The molecule has 8 rings (SSSR count). The Morgan fingerprint density at radius 2 is 1.19 bits per heavy atom. The molecule has 0 bridgehead atoms. The minimum atomic E-state index is 0.0125. The maximum absolute atomic E-state index is 9.77. The number of hydrogen-bond acceptors (Lipinski definition) is 3. The fourth-order valence-electron chi connectivity index (χ4n) is 7.09. The molecule has 1 aliphatic rings. The van der Waals surface area contributed by atoms with Crippen molar-refractivity contribution in [3.63, 3.8) is 0 Å². The van der Waals surface area contributed by atoms with Crippen LogP contribution in [0.4, 0.5) is 5.69 Å². The molecule has 0 saturated carbocycles. The van der Waals surface area contributed by atoms with Crippen LogP contribution in [0.25, 0.3) is 66.0 Å². The SMILES string of the molecule is [C-]#[N+]/C(C#N)=C1C=C(/C=C/c2ccc(N(C)CC)cc2)OC(/C=C/c2c3ccccc3c(-n3c4ccccc4c4ccccc43)c3ccccc23)=C\1. The molecule has 1 aliphatic heterocycles. The van der Waals surface area contributed by atoms with Crippen molar-refractivity contribution >= 4 is 61.2 Å². The quantitative estimate of drug-likeness (QED) is 0.0963. The number of fused-ring (bicyclic) bond motifs is 5. The monoisotopic (exact) mass is 670 g/mol. The van der Waals surface area contributed by atoms with Gasteiger partial charge in [-0.3, -0.25) is 0 Å². The lowest BCUT2D eigenvalue weighted by molar-refractivity contribution is 0.332. The van der Waals surface area contributed by atoms with Crippen LogP contribution in [0.2, 0.25) is 0 Å². The van der Waals surface area contributed by atoms with E-state index >= 15 is 0 Å². The van der Waals surface area contributed by atoms with E-state index in [1.165, 1.54) is 10.8 Å². The Kier molecular flexibility index (Phi) is 8.45. The van der Waals surface area contributed by atoms with Gasteiger partial charge < -0.3 is 14.2 Å². The van der Waals surface area contributed by atoms with Crippen LogP contribution in [0.15, 0.2) is 168 Å². The van der Waals surface area contributed by atoms with Gasteiger partial charge in [0.05, 0.1) is 29.4 Å². The van der Waals surface area contributed by atoms with Gasteiger partial charge >= 0.3 is 0 Å². The van der Waals surface area contributed by atoms with Crippen LogP contribution in [0.1, 0.15) is 18.1 Å². The first-order valence-corrected chi connectivity index (χ1v) is 17.3. The van der Waals surface area contributed by atoms with Crippen molar-refractivity contribution in [3.8, 4) is 11.8 Å². The smallest absolute Gasteiger partial charge is 0.269 e. The average Bonchev–Trinajstić information content (AvgIpc) is 3.53. The molecule has 0 spiro atoms. The topological polar surface area (TPSA) is 45.6 Å². The Balaban J connectivity index is 1.24. The number of para-hydroxylation sites is 2. The number of allylic oxidation sites excluding steroid dienone is 6.